The highest BCUT2D eigenvalue weighted by Gasteiger charge is 2.22. The van der Waals surface area contributed by atoms with Crippen LogP contribution in [0.1, 0.15) is 30.4 Å². The minimum absolute atomic E-state index is 0.220. The molecule has 3 rings (SSSR count). The molecule has 5 heteroatoms. The van der Waals surface area contributed by atoms with Crippen molar-refractivity contribution in [3.05, 3.63) is 41.5 Å². The van der Waals surface area contributed by atoms with E-state index in [2.05, 4.69) is 12.2 Å². The van der Waals surface area contributed by atoms with Crippen molar-refractivity contribution >= 4 is 15.7 Å². The number of nitrogens with zero attached hydrogens (tertiary/aromatic N) is 1. The first-order chi connectivity index (χ1) is 10.9. The van der Waals surface area contributed by atoms with Crippen LogP contribution in [0.25, 0.3) is 0 Å². The minimum atomic E-state index is -3.18. The topological polar surface area (TPSA) is 54.5 Å². The summed E-state index contributed by atoms with van der Waals surface area (Å²) >= 11 is 0. The van der Waals surface area contributed by atoms with Crippen LogP contribution in [0.4, 0.5) is 0 Å². The summed E-state index contributed by atoms with van der Waals surface area (Å²) in [6, 6.07) is 5.35. The number of hydrogen-bond donors (Lipinski definition) is 0. The van der Waals surface area contributed by atoms with Crippen LogP contribution in [0.5, 0.6) is 0 Å². The van der Waals surface area contributed by atoms with Gasteiger partial charge in [0.05, 0.1) is 4.90 Å². The Morgan fingerprint density at radius 2 is 1.96 bits per heavy atom. The van der Waals surface area contributed by atoms with Gasteiger partial charge in [0.2, 0.25) is 5.91 Å². The van der Waals surface area contributed by atoms with E-state index in [1.54, 1.807) is 12.1 Å². The first-order valence-electron chi connectivity index (χ1n) is 8.20. The van der Waals surface area contributed by atoms with Crippen molar-refractivity contribution in [2.45, 2.75) is 37.0 Å². The first kappa shape index (κ1) is 16.2. The second-order valence-electron chi connectivity index (χ2n) is 6.55. The van der Waals surface area contributed by atoms with Crippen LogP contribution in [0.3, 0.4) is 0 Å². The van der Waals surface area contributed by atoms with Crippen LogP contribution in [-0.2, 0) is 27.5 Å². The molecular formula is C18H23NO3S. The molecule has 0 saturated heterocycles. The van der Waals surface area contributed by atoms with Crippen LogP contribution in [-0.4, -0.2) is 38.6 Å². The standard InChI is InChI=1S/C18H23NO3S/c1-23(21,22)17-7-6-15-8-10-19(11-9-16(15)13-17)18(20)12-14-4-2-3-5-14/h2,4,6-7,13-14H,3,5,8-12H2,1H3/t14-/m0/s1. The Hall–Kier alpha value is -1.62. The molecule has 1 amide bonds. The van der Waals surface area contributed by atoms with Gasteiger partial charge in [-0.25, -0.2) is 8.42 Å². The summed E-state index contributed by atoms with van der Waals surface area (Å²) in [5.74, 6) is 0.614. The van der Waals surface area contributed by atoms with Gasteiger partial charge in [0.25, 0.3) is 0 Å². The molecule has 0 unspecified atom stereocenters. The van der Waals surface area contributed by atoms with E-state index in [-0.39, 0.29) is 5.91 Å². The summed E-state index contributed by atoms with van der Waals surface area (Å²) in [5.41, 5.74) is 2.22. The van der Waals surface area contributed by atoms with Crippen molar-refractivity contribution in [2.24, 2.45) is 5.92 Å². The van der Waals surface area contributed by atoms with Crippen LogP contribution in [0, 0.1) is 5.92 Å². The van der Waals surface area contributed by atoms with Gasteiger partial charge in [-0.05, 0) is 54.9 Å². The average Bonchev–Trinajstić information content (AvgIpc) is 2.90. The number of carbonyl (C=O) groups excluding carboxylic acids is 1. The molecule has 0 saturated carbocycles. The third-order valence-electron chi connectivity index (χ3n) is 4.81. The van der Waals surface area contributed by atoms with Gasteiger partial charge in [-0.3, -0.25) is 4.79 Å². The van der Waals surface area contributed by atoms with Crippen LogP contribution >= 0.6 is 0 Å². The maximum atomic E-state index is 12.5. The zero-order valence-corrected chi connectivity index (χ0v) is 14.3. The van der Waals surface area contributed by atoms with Gasteiger partial charge in [0.15, 0.2) is 9.84 Å². The van der Waals surface area contributed by atoms with E-state index < -0.39 is 9.84 Å². The molecule has 4 nitrogen and oxygen atoms in total. The molecule has 1 heterocycles. The molecule has 2 aliphatic rings. The zero-order chi connectivity index (χ0) is 16.4. The van der Waals surface area contributed by atoms with E-state index in [1.807, 2.05) is 11.0 Å². The highest BCUT2D eigenvalue weighted by molar-refractivity contribution is 7.90. The number of fused-ring (bicyclic) bond motifs is 1. The lowest BCUT2D eigenvalue weighted by Gasteiger charge is -2.21. The summed E-state index contributed by atoms with van der Waals surface area (Å²) in [4.78, 5) is 14.8. The number of sulfone groups is 1. The van der Waals surface area contributed by atoms with E-state index in [9.17, 15) is 13.2 Å². The number of hydrogen-bond acceptors (Lipinski definition) is 3. The van der Waals surface area contributed by atoms with Gasteiger partial charge in [-0.15, -0.1) is 0 Å². The third-order valence-corrected chi connectivity index (χ3v) is 5.92. The Kier molecular flexibility index (Phi) is 4.57. The number of amides is 1. The van der Waals surface area contributed by atoms with Crippen molar-refractivity contribution in [3.63, 3.8) is 0 Å². The maximum absolute atomic E-state index is 12.5. The Bertz CT molecular complexity index is 737. The van der Waals surface area contributed by atoms with Crippen molar-refractivity contribution < 1.29 is 13.2 Å². The maximum Gasteiger partial charge on any atom is 0.223 e. The fourth-order valence-corrected chi connectivity index (χ4v) is 4.07. The van der Waals surface area contributed by atoms with Gasteiger partial charge in [-0.2, -0.15) is 0 Å². The van der Waals surface area contributed by atoms with Crippen molar-refractivity contribution in [1.29, 1.82) is 0 Å². The van der Waals surface area contributed by atoms with Gasteiger partial charge < -0.3 is 4.90 Å². The molecule has 0 bridgehead atoms. The lowest BCUT2D eigenvalue weighted by molar-refractivity contribution is -0.131. The van der Waals surface area contributed by atoms with E-state index in [0.29, 0.717) is 23.8 Å². The van der Waals surface area contributed by atoms with E-state index in [4.69, 9.17) is 0 Å². The molecule has 1 atom stereocenters. The average molecular weight is 333 g/mol. The molecule has 23 heavy (non-hydrogen) atoms. The SMILES string of the molecule is CS(=O)(=O)c1ccc2c(c1)CCN(C(=O)C[C@H]1C=CCC1)CC2. The van der Waals surface area contributed by atoms with Gasteiger partial charge in [0.1, 0.15) is 0 Å². The van der Waals surface area contributed by atoms with Crippen molar-refractivity contribution in [2.75, 3.05) is 19.3 Å². The second kappa shape index (κ2) is 6.48. The number of benzene rings is 1. The fraction of sp³-hybridized carbons (Fsp3) is 0.500. The minimum Gasteiger partial charge on any atom is -0.342 e. The van der Waals surface area contributed by atoms with Crippen LogP contribution in [0.2, 0.25) is 0 Å². The quantitative estimate of drug-likeness (QED) is 0.798. The second-order valence-corrected chi connectivity index (χ2v) is 8.57. The predicted octanol–water partition coefficient (Wildman–Crippen LogP) is 2.37. The monoisotopic (exact) mass is 333 g/mol. The normalized spacial score (nSPS) is 21.1. The van der Waals surface area contributed by atoms with E-state index >= 15 is 0 Å². The summed E-state index contributed by atoms with van der Waals surface area (Å²) in [6.45, 7) is 1.40. The highest BCUT2D eigenvalue weighted by atomic mass is 32.2. The summed E-state index contributed by atoms with van der Waals surface area (Å²) in [6.07, 6.45) is 9.83. The molecule has 1 aromatic carbocycles. The first-order valence-corrected chi connectivity index (χ1v) is 10.1. The Balaban J connectivity index is 1.69. The number of carbonyl (C=O) groups is 1. The summed E-state index contributed by atoms with van der Waals surface area (Å²) < 4.78 is 23.4. The van der Waals surface area contributed by atoms with Crippen molar-refractivity contribution in [3.8, 4) is 0 Å². The van der Waals surface area contributed by atoms with Gasteiger partial charge in [0, 0.05) is 25.8 Å². The molecule has 0 N–H and O–H groups in total. The molecular weight excluding hydrogens is 310 g/mol. The molecule has 1 aromatic rings. The Labute approximate surface area is 138 Å². The van der Waals surface area contributed by atoms with Crippen molar-refractivity contribution in [1.82, 2.24) is 4.90 Å². The molecule has 0 fully saturated rings. The highest BCUT2D eigenvalue weighted by Crippen LogP contribution is 2.24. The molecule has 0 radical (unpaired) electrons. The lowest BCUT2D eigenvalue weighted by atomic mass is 10.0. The van der Waals surface area contributed by atoms with E-state index in [1.165, 1.54) is 6.26 Å². The van der Waals surface area contributed by atoms with E-state index in [0.717, 1.165) is 43.4 Å². The molecule has 1 aliphatic carbocycles. The number of rotatable bonds is 3. The summed E-state index contributed by atoms with van der Waals surface area (Å²) in [5, 5.41) is 0. The smallest absolute Gasteiger partial charge is 0.223 e. The predicted molar refractivity (Wildman–Crippen MR) is 90.0 cm³/mol. The Morgan fingerprint density at radius 3 is 2.61 bits per heavy atom. The third kappa shape index (κ3) is 3.83. The van der Waals surface area contributed by atoms with Gasteiger partial charge >= 0.3 is 0 Å². The Morgan fingerprint density at radius 1 is 1.22 bits per heavy atom. The number of allylic oxidation sites excluding steroid dienone is 2. The van der Waals surface area contributed by atoms with Crippen LogP contribution < -0.4 is 0 Å². The lowest BCUT2D eigenvalue weighted by Crippen LogP contribution is -2.34. The fourth-order valence-electron chi connectivity index (χ4n) is 3.40. The summed E-state index contributed by atoms with van der Waals surface area (Å²) in [7, 11) is -3.18. The van der Waals surface area contributed by atoms with Crippen LogP contribution in [0.15, 0.2) is 35.2 Å². The zero-order valence-electron chi connectivity index (χ0n) is 13.5. The largest absolute Gasteiger partial charge is 0.342 e. The molecule has 0 spiro atoms. The molecule has 0 aromatic heterocycles. The molecule has 1 aliphatic heterocycles. The van der Waals surface area contributed by atoms with Gasteiger partial charge in [-0.1, -0.05) is 18.2 Å². The molecule has 124 valence electrons.